The van der Waals surface area contributed by atoms with Gasteiger partial charge >= 0.3 is 5.97 Å². The minimum absolute atomic E-state index is 0.266. The molecule has 134 valence electrons. The smallest absolute Gasteiger partial charge is 0.326 e. The van der Waals surface area contributed by atoms with Crippen molar-refractivity contribution >= 4 is 29.1 Å². The number of aliphatic imine (C=N–C) groups is 1. The number of pyridine rings is 1. The summed E-state index contributed by atoms with van der Waals surface area (Å²) in [6, 6.07) is 11.3. The van der Waals surface area contributed by atoms with Crippen molar-refractivity contribution in [2.45, 2.75) is 0 Å². The Labute approximate surface area is 152 Å². The molecule has 1 aromatic heterocycles. The third-order valence-electron chi connectivity index (χ3n) is 4.58. The van der Waals surface area contributed by atoms with Gasteiger partial charge in [0.2, 0.25) is 5.90 Å². The molecule has 0 amide bonds. The highest BCUT2D eigenvalue weighted by Crippen LogP contribution is 2.32. The largest absolute Gasteiger partial charge is 0.406 e. The molecule has 2 aromatic rings. The molecule has 0 bridgehead atoms. The Bertz CT molecular complexity index is 843. The number of benzene rings is 1. The highest BCUT2D eigenvalue weighted by Gasteiger charge is 2.22. The number of nitrogens with one attached hydrogen (secondary N) is 1. The van der Waals surface area contributed by atoms with E-state index < -0.39 is 0 Å². The van der Waals surface area contributed by atoms with E-state index >= 15 is 0 Å². The van der Waals surface area contributed by atoms with Crippen molar-refractivity contribution < 1.29 is 9.53 Å². The molecule has 0 spiro atoms. The van der Waals surface area contributed by atoms with E-state index in [4.69, 9.17) is 4.74 Å². The van der Waals surface area contributed by atoms with Crippen LogP contribution in [0.3, 0.4) is 0 Å². The number of esters is 1. The van der Waals surface area contributed by atoms with Crippen molar-refractivity contribution in [3.05, 3.63) is 48.2 Å². The number of carbonyl (C=O) groups is 1. The van der Waals surface area contributed by atoms with Gasteiger partial charge in [-0.2, -0.15) is 0 Å². The van der Waals surface area contributed by atoms with E-state index in [1.807, 2.05) is 36.4 Å². The van der Waals surface area contributed by atoms with Crippen LogP contribution in [0.4, 0.5) is 17.2 Å². The topological polar surface area (TPSA) is 70.1 Å². The van der Waals surface area contributed by atoms with Gasteiger partial charge in [0.1, 0.15) is 5.69 Å². The van der Waals surface area contributed by atoms with Crippen LogP contribution in [0.2, 0.25) is 0 Å². The molecule has 4 rings (SSSR count). The molecule has 7 nitrogen and oxygen atoms in total. The first-order chi connectivity index (χ1) is 12.7. The van der Waals surface area contributed by atoms with E-state index in [0.29, 0.717) is 17.4 Å². The summed E-state index contributed by atoms with van der Waals surface area (Å²) in [5.41, 5.74) is 2.21. The minimum atomic E-state index is -0.296. The Morgan fingerprint density at radius 3 is 2.81 bits per heavy atom. The number of fused-ring (bicyclic) bond motifs is 2. The molecule has 1 saturated heterocycles. The Morgan fingerprint density at radius 1 is 1.15 bits per heavy atom. The van der Waals surface area contributed by atoms with Crippen LogP contribution in [0.5, 0.6) is 0 Å². The molecule has 0 saturated carbocycles. The van der Waals surface area contributed by atoms with Crippen molar-refractivity contribution in [1.29, 1.82) is 0 Å². The molecule has 1 aromatic carbocycles. The zero-order chi connectivity index (χ0) is 17.9. The van der Waals surface area contributed by atoms with E-state index in [9.17, 15) is 4.79 Å². The lowest BCUT2D eigenvalue weighted by Gasteiger charge is -2.31. The fourth-order valence-electron chi connectivity index (χ4n) is 3.07. The fourth-order valence-corrected chi connectivity index (χ4v) is 3.07. The molecule has 2 aliphatic rings. The lowest BCUT2D eigenvalue weighted by molar-refractivity contribution is -0.137. The van der Waals surface area contributed by atoms with Crippen LogP contribution in [-0.2, 0) is 9.53 Å². The maximum absolute atomic E-state index is 12.5. The number of ether oxygens (including phenoxy) is 1. The Hall–Kier alpha value is -2.77. The molecular formula is C19H21N5O2. The predicted octanol–water partition coefficient (Wildman–Crippen LogP) is 2.01. The number of nitrogens with zero attached hydrogens (tertiary/aromatic N) is 4. The van der Waals surface area contributed by atoms with Gasteiger partial charge in [-0.25, -0.2) is 9.98 Å². The SMILES string of the molecule is CN1CCN(CC(=O)OC2=Nc3cccnc3Nc3ccccc32)CC1. The summed E-state index contributed by atoms with van der Waals surface area (Å²) in [4.78, 5) is 25.7. The molecule has 1 N–H and O–H groups in total. The van der Waals surface area contributed by atoms with E-state index in [0.717, 1.165) is 37.4 Å². The van der Waals surface area contributed by atoms with Gasteiger partial charge in [-0.05, 0) is 31.3 Å². The van der Waals surface area contributed by atoms with Gasteiger partial charge in [0, 0.05) is 32.4 Å². The zero-order valence-corrected chi connectivity index (χ0v) is 14.7. The first-order valence-corrected chi connectivity index (χ1v) is 8.71. The van der Waals surface area contributed by atoms with Gasteiger partial charge in [-0.1, -0.05) is 12.1 Å². The summed E-state index contributed by atoms with van der Waals surface area (Å²) in [5.74, 6) is 0.652. The molecule has 0 atom stereocenters. The number of anilines is 2. The number of hydrogen-bond donors (Lipinski definition) is 1. The first kappa shape index (κ1) is 16.7. The van der Waals surface area contributed by atoms with Gasteiger partial charge in [0.25, 0.3) is 0 Å². The summed E-state index contributed by atoms with van der Waals surface area (Å²) in [5, 5.41) is 3.26. The van der Waals surface area contributed by atoms with Gasteiger partial charge in [-0.3, -0.25) is 9.69 Å². The fraction of sp³-hybridized carbons (Fsp3) is 0.316. The van der Waals surface area contributed by atoms with Crippen LogP contribution < -0.4 is 5.32 Å². The van der Waals surface area contributed by atoms with Crippen LogP contribution in [0, 0.1) is 0 Å². The minimum Gasteiger partial charge on any atom is -0.406 e. The lowest BCUT2D eigenvalue weighted by Crippen LogP contribution is -2.46. The summed E-state index contributed by atoms with van der Waals surface area (Å²) in [7, 11) is 2.09. The maximum Gasteiger partial charge on any atom is 0.326 e. The standard InChI is InChI=1S/C19H21N5O2/c1-23-9-11-24(12-10-23)13-17(25)26-19-14-5-2-3-6-15(14)21-18-16(22-19)7-4-8-20-18/h2-8H,9-13H2,1H3,(H,20,21). The van der Waals surface area contributed by atoms with Crippen molar-refractivity contribution in [3.63, 3.8) is 0 Å². The normalized spacial score (nSPS) is 17.3. The number of aromatic nitrogens is 1. The van der Waals surface area contributed by atoms with Crippen LogP contribution >= 0.6 is 0 Å². The third-order valence-corrected chi connectivity index (χ3v) is 4.58. The second-order valence-electron chi connectivity index (χ2n) is 6.51. The number of likely N-dealkylation sites (N-methyl/N-ethyl adjacent to an activating group) is 1. The van der Waals surface area contributed by atoms with Crippen LogP contribution in [0.1, 0.15) is 5.56 Å². The van der Waals surface area contributed by atoms with E-state index in [2.05, 4.69) is 32.1 Å². The van der Waals surface area contributed by atoms with Gasteiger partial charge in [0.05, 0.1) is 17.8 Å². The highest BCUT2D eigenvalue weighted by atomic mass is 16.5. The second-order valence-corrected chi connectivity index (χ2v) is 6.51. The quantitative estimate of drug-likeness (QED) is 0.835. The predicted molar refractivity (Wildman–Crippen MR) is 100 cm³/mol. The first-order valence-electron chi connectivity index (χ1n) is 8.71. The molecule has 26 heavy (non-hydrogen) atoms. The third kappa shape index (κ3) is 3.58. The lowest BCUT2D eigenvalue weighted by atomic mass is 10.2. The number of para-hydroxylation sites is 1. The van der Waals surface area contributed by atoms with Gasteiger partial charge in [-0.15, -0.1) is 0 Å². The summed E-state index contributed by atoms with van der Waals surface area (Å²) >= 11 is 0. The highest BCUT2D eigenvalue weighted by molar-refractivity contribution is 6.07. The van der Waals surface area contributed by atoms with Gasteiger partial charge < -0.3 is 15.0 Å². The van der Waals surface area contributed by atoms with E-state index in [1.165, 1.54) is 0 Å². The van der Waals surface area contributed by atoms with Crippen molar-refractivity contribution in [3.8, 4) is 0 Å². The molecule has 1 fully saturated rings. The summed E-state index contributed by atoms with van der Waals surface area (Å²) in [6.07, 6.45) is 1.70. The molecule has 0 radical (unpaired) electrons. The molecule has 2 aliphatic heterocycles. The van der Waals surface area contributed by atoms with Crippen molar-refractivity contribution in [1.82, 2.24) is 14.8 Å². The average molecular weight is 351 g/mol. The molecule has 3 heterocycles. The van der Waals surface area contributed by atoms with Crippen LogP contribution in [0.25, 0.3) is 0 Å². The molecular weight excluding hydrogens is 330 g/mol. The number of piperazine rings is 1. The number of carbonyl (C=O) groups excluding carboxylic acids is 1. The monoisotopic (exact) mass is 351 g/mol. The number of hydrogen-bond acceptors (Lipinski definition) is 7. The Morgan fingerprint density at radius 2 is 1.96 bits per heavy atom. The zero-order valence-electron chi connectivity index (χ0n) is 14.7. The average Bonchev–Trinajstić information content (AvgIpc) is 2.80. The van der Waals surface area contributed by atoms with Crippen LogP contribution in [-0.4, -0.2) is 66.4 Å². The summed E-state index contributed by atoms with van der Waals surface area (Å²) in [6.45, 7) is 3.91. The molecule has 7 heteroatoms. The molecule has 0 unspecified atom stereocenters. The van der Waals surface area contributed by atoms with Crippen molar-refractivity contribution in [2.24, 2.45) is 4.99 Å². The summed E-state index contributed by atoms with van der Waals surface area (Å²) < 4.78 is 5.67. The van der Waals surface area contributed by atoms with E-state index in [-0.39, 0.29) is 12.5 Å². The Kier molecular flexibility index (Phi) is 4.64. The number of rotatable bonds is 2. The Balaban J connectivity index is 1.56. The van der Waals surface area contributed by atoms with E-state index in [1.54, 1.807) is 6.20 Å². The van der Waals surface area contributed by atoms with Crippen molar-refractivity contribution in [2.75, 3.05) is 45.1 Å². The maximum atomic E-state index is 12.5. The molecule has 0 aliphatic carbocycles. The van der Waals surface area contributed by atoms with Gasteiger partial charge in [0.15, 0.2) is 5.82 Å². The van der Waals surface area contributed by atoms with Crippen LogP contribution in [0.15, 0.2) is 47.6 Å². The second kappa shape index (κ2) is 7.23.